The van der Waals surface area contributed by atoms with Gasteiger partial charge in [-0.05, 0) is 24.7 Å². The quantitative estimate of drug-likeness (QED) is 0.730. The number of nitrogens with one attached hydrogen (secondary N) is 1. The normalized spacial score (nSPS) is 11.4. The van der Waals surface area contributed by atoms with E-state index in [2.05, 4.69) is 9.71 Å². The molecule has 0 aromatic carbocycles. The van der Waals surface area contributed by atoms with Crippen LogP contribution in [0.2, 0.25) is 0 Å². The Morgan fingerprint density at radius 2 is 2.00 bits per heavy atom. The SMILES string of the molecule is CNS(=O)(=O)Cc1ccncc1. The van der Waals surface area contributed by atoms with E-state index in [0.717, 1.165) is 5.56 Å². The van der Waals surface area contributed by atoms with Crippen molar-refractivity contribution in [2.45, 2.75) is 5.75 Å². The minimum absolute atomic E-state index is 0.00597. The monoisotopic (exact) mass is 186 g/mol. The van der Waals surface area contributed by atoms with Crippen LogP contribution in [-0.4, -0.2) is 20.4 Å². The summed E-state index contributed by atoms with van der Waals surface area (Å²) in [5.74, 6) is 0.00597. The van der Waals surface area contributed by atoms with Crippen LogP contribution in [0.1, 0.15) is 5.56 Å². The minimum atomic E-state index is -3.15. The predicted molar refractivity (Wildman–Crippen MR) is 45.9 cm³/mol. The molecule has 0 saturated carbocycles. The van der Waals surface area contributed by atoms with Gasteiger partial charge in [-0.15, -0.1) is 0 Å². The van der Waals surface area contributed by atoms with E-state index in [0.29, 0.717) is 0 Å². The summed E-state index contributed by atoms with van der Waals surface area (Å²) in [6.45, 7) is 0. The van der Waals surface area contributed by atoms with Crippen molar-refractivity contribution in [2.24, 2.45) is 0 Å². The van der Waals surface area contributed by atoms with Crippen molar-refractivity contribution in [1.29, 1.82) is 0 Å². The van der Waals surface area contributed by atoms with E-state index in [1.165, 1.54) is 7.05 Å². The lowest BCUT2D eigenvalue weighted by Crippen LogP contribution is -2.20. The fraction of sp³-hybridized carbons (Fsp3) is 0.286. The lowest BCUT2D eigenvalue weighted by atomic mass is 10.3. The Balaban J connectivity index is 2.78. The van der Waals surface area contributed by atoms with Crippen LogP contribution in [-0.2, 0) is 15.8 Å². The van der Waals surface area contributed by atoms with Gasteiger partial charge in [-0.2, -0.15) is 0 Å². The Hall–Kier alpha value is -0.940. The van der Waals surface area contributed by atoms with E-state index < -0.39 is 10.0 Å². The third kappa shape index (κ3) is 2.60. The van der Waals surface area contributed by atoms with Crippen LogP contribution < -0.4 is 4.72 Å². The minimum Gasteiger partial charge on any atom is -0.265 e. The summed E-state index contributed by atoms with van der Waals surface area (Å²) in [7, 11) is -1.75. The maximum absolute atomic E-state index is 11.0. The standard InChI is InChI=1S/C7H10N2O2S/c1-8-12(10,11)6-7-2-4-9-5-3-7/h2-5,8H,6H2,1H3. The van der Waals surface area contributed by atoms with E-state index in [9.17, 15) is 8.42 Å². The molecule has 0 saturated heterocycles. The van der Waals surface area contributed by atoms with Gasteiger partial charge in [-0.3, -0.25) is 4.98 Å². The van der Waals surface area contributed by atoms with Crippen molar-refractivity contribution in [1.82, 2.24) is 9.71 Å². The molecule has 0 bridgehead atoms. The van der Waals surface area contributed by atoms with Gasteiger partial charge < -0.3 is 0 Å². The summed E-state index contributed by atoms with van der Waals surface area (Å²) in [6, 6.07) is 3.35. The summed E-state index contributed by atoms with van der Waals surface area (Å²) < 4.78 is 24.3. The predicted octanol–water partition coefficient (Wildman–Crippen LogP) is 0.131. The molecule has 12 heavy (non-hydrogen) atoms. The number of sulfonamides is 1. The third-order valence-corrected chi connectivity index (χ3v) is 2.75. The largest absolute Gasteiger partial charge is 0.265 e. The molecule has 0 radical (unpaired) electrons. The molecule has 0 aliphatic carbocycles. The highest BCUT2D eigenvalue weighted by molar-refractivity contribution is 7.88. The van der Waals surface area contributed by atoms with Gasteiger partial charge in [0.25, 0.3) is 0 Å². The molecule has 66 valence electrons. The first-order chi connectivity index (χ1) is 5.64. The van der Waals surface area contributed by atoms with Crippen LogP contribution in [0.3, 0.4) is 0 Å². The van der Waals surface area contributed by atoms with Crippen LogP contribution in [0.4, 0.5) is 0 Å². The first-order valence-electron chi connectivity index (χ1n) is 3.44. The van der Waals surface area contributed by atoms with Gasteiger partial charge in [0.2, 0.25) is 10.0 Å². The fourth-order valence-corrected chi connectivity index (χ4v) is 1.55. The van der Waals surface area contributed by atoms with Crippen molar-refractivity contribution in [3.8, 4) is 0 Å². The summed E-state index contributed by atoms with van der Waals surface area (Å²) >= 11 is 0. The number of hydrogen-bond acceptors (Lipinski definition) is 3. The number of aromatic nitrogens is 1. The topological polar surface area (TPSA) is 59.1 Å². The second-order valence-electron chi connectivity index (χ2n) is 2.32. The molecule has 5 heteroatoms. The molecule has 4 nitrogen and oxygen atoms in total. The molecular weight excluding hydrogens is 176 g/mol. The van der Waals surface area contributed by atoms with E-state index >= 15 is 0 Å². The average molecular weight is 186 g/mol. The van der Waals surface area contributed by atoms with Gasteiger partial charge in [-0.1, -0.05) is 0 Å². The maximum Gasteiger partial charge on any atom is 0.215 e. The van der Waals surface area contributed by atoms with Gasteiger partial charge in [0.15, 0.2) is 0 Å². The van der Waals surface area contributed by atoms with E-state index in [-0.39, 0.29) is 5.75 Å². The summed E-state index contributed by atoms with van der Waals surface area (Å²) in [5, 5.41) is 0. The number of nitrogens with zero attached hydrogens (tertiary/aromatic N) is 1. The first-order valence-corrected chi connectivity index (χ1v) is 5.09. The summed E-state index contributed by atoms with van der Waals surface area (Å²) in [4.78, 5) is 3.79. The Bertz CT molecular complexity index is 334. The van der Waals surface area contributed by atoms with Crippen LogP contribution in [0.15, 0.2) is 24.5 Å². The lowest BCUT2D eigenvalue weighted by Gasteiger charge is -2.00. The summed E-state index contributed by atoms with van der Waals surface area (Å²) in [6.07, 6.45) is 3.14. The van der Waals surface area contributed by atoms with Gasteiger partial charge in [0.05, 0.1) is 5.75 Å². The van der Waals surface area contributed by atoms with Gasteiger partial charge in [0.1, 0.15) is 0 Å². The van der Waals surface area contributed by atoms with Crippen molar-refractivity contribution < 1.29 is 8.42 Å². The Kier molecular flexibility index (Phi) is 2.78. The molecule has 0 amide bonds. The lowest BCUT2D eigenvalue weighted by molar-refractivity contribution is 0.587. The van der Waals surface area contributed by atoms with Crippen LogP contribution >= 0.6 is 0 Å². The van der Waals surface area contributed by atoms with Crippen molar-refractivity contribution in [3.05, 3.63) is 30.1 Å². The van der Waals surface area contributed by atoms with Crippen molar-refractivity contribution in [3.63, 3.8) is 0 Å². The molecule has 0 atom stereocenters. The first kappa shape index (κ1) is 9.15. The second-order valence-corrected chi connectivity index (χ2v) is 4.25. The molecule has 1 aromatic rings. The number of rotatable bonds is 3. The zero-order valence-corrected chi connectivity index (χ0v) is 7.50. The van der Waals surface area contributed by atoms with Crippen LogP contribution in [0.5, 0.6) is 0 Å². The van der Waals surface area contributed by atoms with Crippen LogP contribution in [0, 0.1) is 0 Å². The summed E-state index contributed by atoms with van der Waals surface area (Å²) in [5.41, 5.74) is 0.736. The molecule has 0 aliphatic rings. The molecule has 1 N–H and O–H groups in total. The van der Waals surface area contributed by atoms with Crippen molar-refractivity contribution >= 4 is 10.0 Å². The molecule has 0 spiro atoms. The van der Waals surface area contributed by atoms with Gasteiger partial charge >= 0.3 is 0 Å². The fourth-order valence-electron chi connectivity index (χ4n) is 0.771. The maximum atomic E-state index is 11.0. The molecule has 1 aromatic heterocycles. The van der Waals surface area contributed by atoms with E-state index in [4.69, 9.17) is 0 Å². The molecule has 1 heterocycles. The highest BCUT2D eigenvalue weighted by Crippen LogP contribution is 2.01. The smallest absolute Gasteiger partial charge is 0.215 e. The number of hydrogen-bond donors (Lipinski definition) is 1. The van der Waals surface area contributed by atoms with E-state index in [1.54, 1.807) is 24.5 Å². The average Bonchev–Trinajstić information content (AvgIpc) is 2.06. The highest BCUT2D eigenvalue weighted by Gasteiger charge is 2.06. The highest BCUT2D eigenvalue weighted by atomic mass is 32.2. The van der Waals surface area contributed by atoms with Gasteiger partial charge in [-0.25, -0.2) is 13.1 Å². The number of pyridine rings is 1. The van der Waals surface area contributed by atoms with Crippen molar-refractivity contribution in [2.75, 3.05) is 7.05 Å². The van der Waals surface area contributed by atoms with E-state index in [1.807, 2.05) is 0 Å². The second kappa shape index (κ2) is 3.64. The Labute approximate surface area is 71.7 Å². The Morgan fingerprint density at radius 3 is 2.50 bits per heavy atom. The molecule has 0 unspecified atom stereocenters. The molecule has 0 fully saturated rings. The molecule has 0 aliphatic heterocycles. The zero-order valence-electron chi connectivity index (χ0n) is 6.69. The molecular formula is C7H10N2O2S. The van der Waals surface area contributed by atoms with Crippen LogP contribution in [0.25, 0.3) is 0 Å². The molecule has 1 rings (SSSR count). The Morgan fingerprint density at radius 1 is 1.42 bits per heavy atom. The zero-order chi connectivity index (χ0) is 9.03. The van der Waals surface area contributed by atoms with Gasteiger partial charge in [0, 0.05) is 12.4 Å². The third-order valence-electron chi connectivity index (χ3n) is 1.42.